The van der Waals surface area contributed by atoms with Crippen LogP contribution in [0, 0.1) is 0 Å². The molecule has 5 heteroatoms. The number of phenols is 1. The Bertz CT molecular complexity index is 502. The van der Waals surface area contributed by atoms with E-state index >= 15 is 0 Å². The topological polar surface area (TPSA) is 49.8 Å². The van der Waals surface area contributed by atoms with E-state index in [-0.39, 0.29) is 16.4 Å². The summed E-state index contributed by atoms with van der Waals surface area (Å²) < 4.78 is 5.32. The summed E-state index contributed by atoms with van der Waals surface area (Å²) in [5.41, 5.74) is 0.314. The van der Waals surface area contributed by atoms with Crippen LogP contribution in [-0.4, -0.2) is 46.6 Å². The van der Waals surface area contributed by atoms with E-state index in [1.807, 2.05) is 16.7 Å². The van der Waals surface area contributed by atoms with Gasteiger partial charge in [-0.3, -0.25) is 4.79 Å². The molecule has 0 radical (unpaired) electrons. The van der Waals surface area contributed by atoms with Gasteiger partial charge in [0.05, 0.1) is 12.7 Å². The molecule has 0 aliphatic carbocycles. The molecule has 1 fully saturated rings. The first-order valence-corrected chi connectivity index (χ1v) is 7.72. The highest BCUT2D eigenvalue weighted by atomic mass is 32.2. The Labute approximate surface area is 124 Å². The number of carbonyl (C=O) groups is 1. The average molecular weight is 295 g/mol. The van der Waals surface area contributed by atoms with Gasteiger partial charge < -0.3 is 14.7 Å². The molecule has 2 rings (SSSR count). The second-order valence-corrected chi connectivity index (χ2v) is 7.34. The van der Waals surface area contributed by atoms with Crippen LogP contribution in [0.3, 0.4) is 0 Å². The first kappa shape index (κ1) is 15.0. The quantitative estimate of drug-likeness (QED) is 0.911. The first-order chi connectivity index (χ1) is 9.43. The van der Waals surface area contributed by atoms with Gasteiger partial charge in [-0.15, -0.1) is 0 Å². The Kier molecular flexibility index (Phi) is 4.48. The largest absolute Gasteiger partial charge is 0.507 e. The minimum Gasteiger partial charge on any atom is -0.507 e. The van der Waals surface area contributed by atoms with Gasteiger partial charge in [0.1, 0.15) is 11.5 Å². The highest BCUT2D eigenvalue weighted by molar-refractivity contribution is 8.00. The normalized spacial score (nSPS) is 18.4. The SMILES string of the molecule is COc1ccc(O)c(C(=O)N2CCSC(C)(C)CC2)c1. The number of benzene rings is 1. The molecule has 1 aromatic carbocycles. The minimum atomic E-state index is -0.125. The van der Waals surface area contributed by atoms with Crippen molar-refractivity contribution in [2.75, 3.05) is 26.0 Å². The van der Waals surface area contributed by atoms with Crippen molar-refractivity contribution in [3.63, 3.8) is 0 Å². The average Bonchev–Trinajstić information content (AvgIpc) is 2.59. The number of nitrogens with zero attached hydrogens (tertiary/aromatic N) is 1. The third-order valence-electron chi connectivity index (χ3n) is 3.56. The van der Waals surface area contributed by atoms with Crippen LogP contribution in [0.1, 0.15) is 30.6 Å². The number of phenolic OH excluding ortho intramolecular Hbond substituents is 1. The summed E-state index contributed by atoms with van der Waals surface area (Å²) in [4.78, 5) is 14.4. The molecule has 1 heterocycles. The van der Waals surface area contributed by atoms with Crippen molar-refractivity contribution in [3.05, 3.63) is 23.8 Å². The highest BCUT2D eigenvalue weighted by Crippen LogP contribution is 2.32. The Morgan fingerprint density at radius 1 is 1.40 bits per heavy atom. The molecule has 20 heavy (non-hydrogen) atoms. The fourth-order valence-corrected chi connectivity index (χ4v) is 3.31. The van der Waals surface area contributed by atoms with E-state index in [1.165, 1.54) is 6.07 Å². The van der Waals surface area contributed by atoms with Crippen LogP contribution in [0.25, 0.3) is 0 Å². The molecule has 0 aromatic heterocycles. The summed E-state index contributed by atoms with van der Waals surface area (Å²) in [7, 11) is 1.55. The van der Waals surface area contributed by atoms with Crippen LogP contribution in [0.15, 0.2) is 18.2 Å². The van der Waals surface area contributed by atoms with E-state index in [0.717, 1.165) is 18.7 Å². The maximum absolute atomic E-state index is 12.6. The van der Waals surface area contributed by atoms with Gasteiger partial charge in [0.15, 0.2) is 0 Å². The smallest absolute Gasteiger partial charge is 0.257 e. The Morgan fingerprint density at radius 2 is 2.15 bits per heavy atom. The predicted molar refractivity (Wildman–Crippen MR) is 81.7 cm³/mol. The van der Waals surface area contributed by atoms with Gasteiger partial charge in [0.2, 0.25) is 0 Å². The van der Waals surface area contributed by atoms with Gasteiger partial charge in [0, 0.05) is 23.6 Å². The van der Waals surface area contributed by atoms with Gasteiger partial charge in [-0.05, 0) is 24.6 Å². The molecule has 0 bridgehead atoms. The molecule has 1 saturated heterocycles. The van der Waals surface area contributed by atoms with E-state index in [0.29, 0.717) is 17.9 Å². The molecule has 1 aliphatic heterocycles. The van der Waals surface area contributed by atoms with Crippen molar-refractivity contribution in [2.45, 2.75) is 25.0 Å². The van der Waals surface area contributed by atoms with E-state index in [2.05, 4.69) is 13.8 Å². The Balaban J connectivity index is 2.18. The molecule has 0 spiro atoms. The molecular weight excluding hydrogens is 274 g/mol. The summed E-state index contributed by atoms with van der Waals surface area (Å²) in [6.45, 7) is 5.84. The molecule has 0 atom stereocenters. The number of amides is 1. The van der Waals surface area contributed by atoms with Crippen molar-refractivity contribution in [2.24, 2.45) is 0 Å². The standard InChI is InChI=1S/C15H21NO3S/c1-15(2)6-7-16(8-9-20-15)14(18)12-10-11(19-3)4-5-13(12)17/h4-5,10,17H,6-9H2,1-3H3. The zero-order valence-electron chi connectivity index (χ0n) is 12.2. The molecule has 110 valence electrons. The Hall–Kier alpha value is -1.36. The van der Waals surface area contributed by atoms with Gasteiger partial charge >= 0.3 is 0 Å². The number of aromatic hydroxyl groups is 1. The number of methoxy groups -OCH3 is 1. The Morgan fingerprint density at radius 3 is 2.85 bits per heavy atom. The molecule has 4 nitrogen and oxygen atoms in total. The minimum absolute atomic E-state index is 0.00644. The predicted octanol–water partition coefficient (Wildman–Crippen LogP) is 2.76. The number of ether oxygens (including phenoxy) is 1. The van der Waals surface area contributed by atoms with E-state index in [4.69, 9.17) is 4.74 Å². The van der Waals surface area contributed by atoms with Crippen LogP contribution in [0.2, 0.25) is 0 Å². The maximum Gasteiger partial charge on any atom is 0.257 e. The van der Waals surface area contributed by atoms with Gasteiger partial charge in [-0.1, -0.05) is 13.8 Å². The van der Waals surface area contributed by atoms with Crippen LogP contribution < -0.4 is 4.74 Å². The maximum atomic E-state index is 12.6. The van der Waals surface area contributed by atoms with Gasteiger partial charge in [-0.2, -0.15) is 11.8 Å². The fourth-order valence-electron chi connectivity index (χ4n) is 2.21. The van der Waals surface area contributed by atoms with Crippen molar-refractivity contribution >= 4 is 17.7 Å². The third-order valence-corrected chi connectivity index (χ3v) is 4.93. The summed E-state index contributed by atoms with van der Waals surface area (Å²) in [5.74, 6) is 1.38. The van der Waals surface area contributed by atoms with Crippen molar-refractivity contribution in [1.29, 1.82) is 0 Å². The van der Waals surface area contributed by atoms with E-state index in [1.54, 1.807) is 19.2 Å². The first-order valence-electron chi connectivity index (χ1n) is 6.73. The van der Waals surface area contributed by atoms with Gasteiger partial charge in [0.25, 0.3) is 5.91 Å². The summed E-state index contributed by atoms with van der Waals surface area (Å²) in [5, 5.41) is 9.90. The fraction of sp³-hybridized carbons (Fsp3) is 0.533. The lowest BCUT2D eigenvalue weighted by molar-refractivity contribution is 0.0761. The lowest BCUT2D eigenvalue weighted by atomic mass is 10.1. The molecule has 1 aliphatic rings. The second-order valence-electron chi connectivity index (χ2n) is 5.53. The zero-order chi connectivity index (χ0) is 14.8. The van der Waals surface area contributed by atoms with Crippen LogP contribution in [0.4, 0.5) is 0 Å². The van der Waals surface area contributed by atoms with Crippen molar-refractivity contribution in [3.8, 4) is 11.5 Å². The van der Waals surface area contributed by atoms with Crippen LogP contribution in [0.5, 0.6) is 11.5 Å². The van der Waals surface area contributed by atoms with E-state index < -0.39 is 0 Å². The van der Waals surface area contributed by atoms with Crippen molar-refractivity contribution < 1.29 is 14.6 Å². The number of hydrogen-bond donors (Lipinski definition) is 1. The van der Waals surface area contributed by atoms with Crippen LogP contribution in [-0.2, 0) is 0 Å². The second kappa shape index (κ2) is 5.95. The third kappa shape index (κ3) is 3.39. The molecule has 0 saturated carbocycles. The lowest BCUT2D eigenvalue weighted by Gasteiger charge is -2.23. The molecule has 1 aromatic rings. The van der Waals surface area contributed by atoms with Crippen molar-refractivity contribution in [1.82, 2.24) is 4.90 Å². The molecule has 1 N–H and O–H groups in total. The molecular formula is C15H21NO3S. The summed E-state index contributed by atoms with van der Waals surface area (Å²) in [6, 6.07) is 4.75. The monoisotopic (exact) mass is 295 g/mol. The summed E-state index contributed by atoms with van der Waals surface area (Å²) in [6.07, 6.45) is 0.953. The van der Waals surface area contributed by atoms with Crippen LogP contribution >= 0.6 is 11.8 Å². The lowest BCUT2D eigenvalue weighted by Crippen LogP contribution is -2.33. The highest BCUT2D eigenvalue weighted by Gasteiger charge is 2.27. The number of hydrogen-bond acceptors (Lipinski definition) is 4. The molecule has 1 amide bonds. The van der Waals surface area contributed by atoms with E-state index in [9.17, 15) is 9.90 Å². The zero-order valence-corrected chi connectivity index (χ0v) is 13.0. The number of carbonyl (C=O) groups excluding carboxylic acids is 1. The number of thioether (sulfide) groups is 1. The number of rotatable bonds is 2. The summed E-state index contributed by atoms with van der Waals surface area (Å²) >= 11 is 1.89. The molecule has 0 unspecified atom stereocenters. The van der Waals surface area contributed by atoms with Gasteiger partial charge in [-0.25, -0.2) is 0 Å².